The summed E-state index contributed by atoms with van der Waals surface area (Å²) in [6.45, 7) is 34.4. The average Bonchev–Trinajstić information content (AvgIpc) is 1.72. The number of hydrogen-bond acceptors (Lipinski definition) is 2. The van der Waals surface area contributed by atoms with Gasteiger partial charge in [0.2, 0.25) is 0 Å². The van der Waals surface area contributed by atoms with Gasteiger partial charge in [0.1, 0.15) is 0 Å². The maximum absolute atomic E-state index is 7.15. The van der Waals surface area contributed by atoms with Crippen LogP contribution in [0.5, 0.6) is 11.5 Å². The van der Waals surface area contributed by atoms with Crippen molar-refractivity contribution in [3.8, 4) is 50.9 Å². The zero-order chi connectivity index (χ0) is 61.3. The molecule has 7 heteroatoms. The molecule has 0 radical (unpaired) electrons. The van der Waals surface area contributed by atoms with Crippen molar-refractivity contribution in [2.45, 2.75) is 131 Å². The van der Waals surface area contributed by atoms with Crippen LogP contribution in [-0.2, 0) is 46.4 Å². The van der Waals surface area contributed by atoms with Crippen LogP contribution >= 0.6 is 0 Å². The van der Waals surface area contributed by atoms with E-state index in [1.54, 1.807) is 0 Å². The minimum absolute atomic E-state index is 0.0307. The first-order valence-corrected chi connectivity index (χ1v) is 31.7. The second kappa shape index (κ2) is 20.9. The molecule has 13 rings (SSSR count). The molecule has 0 aliphatic heterocycles. The molecule has 0 saturated heterocycles. The van der Waals surface area contributed by atoms with Gasteiger partial charge in [-0.1, -0.05) is 32.9 Å². The van der Waals surface area contributed by atoms with Crippen LogP contribution in [0.1, 0.15) is 132 Å². The monoisotopic (exact) mass is 1320 g/mol. The molecular formula is C80H77N5OPt-2. The summed E-state index contributed by atoms with van der Waals surface area (Å²) in [4.78, 5) is 4.98. The van der Waals surface area contributed by atoms with E-state index in [0.717, 1.165) is 97.8 Å². The SMILES string of the molecule is CC(C)(C)c1ccc(-n2c3ccccc3c3cccc4c3n([c](=[Pt])n4-c3c(-c4cccc(C(C)(C)C)c4)cccc3-c3cc(C(C)(C)C)cc(C(C)(C)C)c3)c3[c-]c(Oc4[c-]c5c(cc4)c4ccccc4n5-c4cc(C(C)(C)C)ccn4)ccc32)cc1. The minimum atomic E-state index is -0.0977. The Morgan fingerprint density at radius 3 is 1.54 bits per heavy atom. The van der Waals surface area contributed by atoms with Crippen molar-refractivity contribution in [2.75, 3.05) is 0 Å². The van der Waals surface area contributed by atoms with Crippen LogP contribution in [0, 0.1) is 15.9 Å². The van der Waals surface area contributed by atoms with E-state index in [0.29, 0.717) is 11.5 Å². The Balaban J connectivity index is 1.15. The van der Waals surface area contributed by atoms with Gasteiger partial charge < -0.3 is 0 Å². The molecule has 0 atom stereocenters. The van der Waals surface area contributed by atoms with E-state index < -0.39 is 0 Å². The number of nitrogens with zero attached hydrogens (tertiary/aromatic N) is 5. The third-order valence-electron chi connectivity index (χ3n) is 17.5. The molecule has 6 nitrogen and oxygen atoms in total. The van der Waals surface area contributed by atoms with Crippen molar-refractivity contribution in [3.05, 3.63) is 238 Å². The average molecular weight is 1320 g/mol. The van der Waals surface area contributed by atoms with Crippen molar-refractivity contribution in [3.63, 3.8) is 0 Å². The number of ether oxygens (including phenoxy) is 1. The van der Waals surface area contributed by atoms with Crippen LogP contribution < -0.4 is 4.74 Å². The molecule has 0 aliphatic rings. The topological polar surface area (TPSA) is 41.3 Å². The maximum atomic E-state index is 7.15. The molecule has 87 heavy (non-hydrogen) atoms. The van der Waals surface area contributed by atoms with E-state index in [1.165, 1.54) is 33.4 Å². The normalized spacial score (nSPS) is 12.8. The van der Waals surface area contributed by atoms with Crippen molar-refractivity contribution >= 4 is 60.2 Å². The third kappa shape index (κ3) is 10.3. The standard InChI is InChI=1S/C80H77N5O.Pt/c1-76(2,3)53-33-35-58(36-34-53)84-67-30-18-17-26-64(67)66-29-22-32-70-75(66)83(50-82(70)74-61(51-23-20-24-54(43-51)77(4,5)6)27-21-28-62(74)52-44-56(79(10,11)12)46-57(45-52)80(13,14)15)72-49-60(38-40-69(72)84)86-59-37-39-65-63-25-16-19-31-68(63)85(71(65)48-59)73-47-55(41-42-81-73)78(7,8)9;/h16-47H,1-15H3;/q-2;. The summed E-state index contributed by atoms with van der Waals surface area (Å²) >= 11 is 2.61. The van der Waals surface area contributed by atoms with Gasteiger partial charge in [0, 0.05) is 6.20 Å². The Morgan fingerprint density at radius 2 is 0.897 bits per heavy atom. The Hall–Kier alpha value is -8.31. The molecule has 0 unspecified atom stereocenters. The fourth-order valence-corrected chi connectivity index (χ4v) is 13.5. The van der Waals surface area contributed by atoms with Gasteiger partial charge in [0.05, 0.1) is 0 Å². The zero-order valence-corrected chi connectivity index (χ0v) is 55.2. The number of fused-ring (bicyclic) bond motifs is 7. The number of pyridine rings is 1. The molecule has 0 bridgehead atoms. The summed E-state index contributed by atoms with van der Waals surface area (Å²) in [6, 6.07) is 77.3. The van der Waals surface area contributed by atoms with Crippen molar-refractivity contribution in [1.82, 2.24) is 23.1 Å². The molecule has 13 aromatic rings. The second-order valence-electron chi connectivity index (χ2n) is 28.8. The molecule has 4 aromatic heterocycles. The Bertz CT molecular complexity index is 4960. The number of benzene rings is 9. The van der Waals surface area contributed by atoms with Gasteiger partial charge in [0.15, 0.2) is 0 Å². The zero-order valence-electron chi connectivity index (χ0n) is 52.9. The summed E-state index contributed by atoms with van der Waals surface area (Å²) in [5.74, 6) is 1.98. The molecular weight excluding hydrogens is 1240 g/mol. The fraction of sp³-hybridized carbons (Fsp3) is 0.250. The number of rotatable bonds is 7. The number of imidazole rings is 1. The quantitative estimate of drug-likeness (QED) is 0.149. The van der Waals surface area contributed by atoms with Crippen molar-refractivity contribution in [1.29, 1.82) is 0 Å². The van der Waals surface area contributed by atoms with Gasteiger partial charge in [-0.2, -0.15) is 0 Å². The molecule has 0 amide bonds. The van der Waals surface area contributed by atoms with E-state index in [1.807, 2.05) is 12.3 Å². The summed E-state index contributed by atoms with van der Waals surface area (Å²) in [5.41, 5.74) is 19.8. The van der Waals surface area contributed by atoms with E-state index in [2.05, 4.69) is 335 Å². The van der Waals surface area contributed by atoms with E-state index in [-0.39, 0.29) is 27.1 Å². The Kier molecular flexibility index (Phi) is 13.9. The summed E-state index contributed by atoms with van der Waals surface area (Å²) < 4.78 is 17.7. The molecule has 440 valence electrons. The molecule has 0 N–H and O–H groups in total. The van der Waals surface area contributed by atoms with Gasteiger partial charge in [0.25, 0.3) is 0 Å². The van der Waals surface area contributed by atoms with Crippen LogP contribution in [0.3, 0.4) is 0 Å². The molecule has 0 fully saturated rings. The first-order chi connectivity index (χ1) is 41.2. The number of aromatic nitrogens is 5. The Morgan fingerprint density at radius 1 is 0.379 bits per heavy atom. The third-order valence-corrected chi connectivity index (χ3v) is 18.5. The molecule has 4 heterocycles. The number of hydrogen-bond donors (Lipinski definition) is 0. The number of para-hydroxylation sites is 4. The predicted octanol–water partition coefficient (Wildman–Crippen LogP) is 21.3. The fourth-order valence-electron chi connectivity index (χ4n) is 12.5. The van der Waals surface area contributed by atoms with Crippen molar-refractivity contribution in [2.24, 2.45) is 0 Å². The first kappa shape index (κ1) is 57.7. The summed E-state index contributed by atoms with van der Waals surface area (Å²) in [5, 5.41) is 4.43. The van der Waals surface area contributed by atoms with Gasteiger partial charge >= 0.3 is 471 Å². The van der Waals surface area contributed by atoms with E-state index >= 15 is 0 Å². The van der Waals surface area contributed by atoms with Crippen LogP contribution in [0.2, 0.25) is 0 Å². The summed E-state index contributed by atoms with van der Waals surface area (Å²) in [7, 11) is 0. The van der Waals surface area contributed by atoms with Gasteiger partial charge in [-0.05, 0) is 17.0 Å². The Labute approximate surface area is 523 Å². The molecule has 0 saturated carbocycles. The van der Waals surface area contributed by atoms with Crippen molar-refractivity contribution < 1.29 is 24.1 Å². The van der Waals surface area contributed by atoms with Crippen LogP contribution in [0.4, 0.5) is 0 Å². The predicted molar refractivity (Wildman–Crippen MR) is 361 cm³/mol. The van der Waals surface area contributed by atoms with E-state index in [4.69, 9.17) is 9.72 Å². The first-order valence-electron chi connectivity index (χ1n) is 30.5. The van der Waals surface area contributed by atoms with Gasteiger partial charge in [-0.25, -0.2) is 0 Å². The van der Waals surface area contributed by atoms with Gasteiger partial charge in [-0.15, -0.1) is 0 Å². The molecule has 9 aromatic carbocycles. The molecule has 0 spiro atoms. The van der Waals surface area contributed by atoms with Crippen LogP contribution in [-0.4, -0.2) is 23.1 Å². The summed E-state index contributed by atoms with van der Waals surface area (Å²) in [6.07, 6.45) is 1.92. The van der Waals surface area contributed by atoms with Crippen LogP contribution in [0.25, 0.3) is 99.6 Å². The molecule has 0 aliphatic carbocycles. The van der Waals surface area contributed by atoms with Gasteiger partial charge in [-0.3, -0.25) is 0 Å². The van der Waals surface area contributed by atoms with Crippen LogP contribution in [0.15, 0.2) is 194 Å². The second-order valence-corrected chi connectivity index (χ2v) is 29.8. The van der Waals surface area contributed by atoms with E-state index in [9.17, 15) is 0 Å².